The van der Waals surface area contributed by atoms with Crippen LogP contribution in [0.1, 0.15) is 18.9 Å². The summed E-state index contributed by atoms with van der Waals surface area (Å²) in [5, 5.41) is 8.17. The summed E-state index contributed by atoms with van der Waals surface area (Å²) in [5.74, 6) is 0.548. The molecule has 1 aliphatic heterocycles. The fraction of sp³-hybridized carbons (Fsp3) is 0.400. The summed E-state index contributed by atoms with van der Waals surface area (Å²) in [6.07, 6.45) is 4.04. The Morgan fingerprint density at radius 3 is 2.91 bits per heavy atom. The first-order valence-corrected chi connectivity index (χ1v) is 10.1. The second-order valence-electron chi connectivity index (χ2n) is 5.11. The summed E-state index contributed by atoms with van der Waals surface area (Å²) < 4.78 is 1.79. The lowest BCUT2D eigenvalue weighted by molar-refractivity contribution is -0.116. The minimum atomic E-state index is 0.144. The van der Waals surface area contributed by atoms with Gasteiger partial charge in [0.15, 0.2) is 8.68 Å². The van der Waals surface area contributed by atoms with Crippen LogP contribution in [0.15, 0.2) is 32.9 Å². The molecule has 3 rings (SSSR count). The molecular weight excluding hydrogens is 334 g/mol. The van der Waals surface area contributed by atoms with Crippen LogP contribution in [-0.2, 0) is 11.2 Å². The number of nitrogens with zero attached hydrogens (tertiary/aromatic N) is 3. The van der Waals surface area contributed by atoms with Crippen LogP contribution < -0.4 is 4.90 Å². The van der Waals surface area contributed by atoms with E-state index in [1.54, 1.807) is 23.1 Å². The lowest BCUT2D eigenvalue weighted by atomic mass is 9.97. The van der Waals surface area contributed by atoms with Crippen LogP contribution in [0.3, 0.4) is 0 Å². The zero-order chi connectivity index (χ0) is 15.5. The first-order valence-electron chi connectivity index (χ1n) is 7.09. The molecule has 0 unspecified atom stereocenters. The van der Waals surface area contributed by atoms with Gasteiger partial charge in [-0.25, -0.2) is 0 Å². The highest BCUT2D eigenvalue weighted by Gasteiger charge is 2.27. The van der Waals surface area contributed by atoms with Gasteiger partial charge in [0, 0.05) is 11.7 Å². The SMILES string of the molecule is CSc1nnc(SCC(=O)N2c3ccccc3CC[C@H]2C)s1. The van der Waals surface area contributed by atoms with Crippen molar-refractivity contribution in [3.05, 3.63) is 29.8 Å². The van der Waals surface area contributed by atoms with E-state index >= 15 is 0 Å². The number of aromatic nitrogens is 2. The standard InChI is InChI=1S/C15H17N3OS3/c1-10-7-8-11-5-3-4-6-12(11)18(10)13(19)9-21-15-17-16-14(20-2)22-15/h3-6,10H,7-9H2,1-2H3/t10-/m1/s1. The molecule has 1 atom stereocenters. The Bertz CT molecular complexity index is 674. The molecule has 4 nitrogen and oxygen atoms in total. The Morgan fingerprint density at radius 2 is 2.14 bits per heavy atom. The highest BCUT2D eigenvalue weighted by molar-refractivity contribution is 8.03. The highest BCUT2D eigenvalue weighted by atomic mass is 32.2. The number of amides is 1. The third-order valence-corrected chi connectivity index (χ3v) is 6.69. The number of carbonyl (C=O) groups excluding carboxylic acids is 1. The van der Waals surface area contributed by atoms with Gasteiger partial charge < -0.3 is 4.90 Å². The highest BCUT2D eigenvalue weighted by Crippen LogP contribution is 2.32. The van der Waals surface area contributed by atoms with Crippen LogP contribution in [0.2, 0.25) is 0 Å². The quantitative estimate of drug-likeness (QED) is 0.786. The maximum atomic E-state index is 12.7. The lowest BCUT2D eigenvalue weighted by Crippen LogP contribution is -2.43. The Morgan fingerprint density at radius 1 is 1.36 bits per heavy atom. The van der Waals surface area contributed by atoms with E-state index in [9.17, 15) is 4.79 Å². The van der Waals surface area contributed by atoms with Gasteiger partial charge in [-0.05, 0) is 37.7 Å². The number of para-hydroxylation sites is 1. The summed E-state index contributed by atoms with van der Waals surface area (Å²) in [6.45, 7) is 2.12. The van der Waals surface area contributed by atoms with Gasteiger partial charge in [-0.15, -0.1) is 10.2 Å². The van der Waals surface area contributed by atoms with Crippen molar-refractivity contribution in [2.45, 2.75) is 34.5 Å². The normalized spacial score (nSPS) is 17.4. The maximum Gasteiger partial charge on any atom is 0.237 e. The van der Waals surface area contributed by atoms with Crippen LogP contribution in [0.4, 0.5) is 5.69 Å². The average Bonchev–Trinajstić information content (AvgIpc) is 3.00. The predicted molar refractivity (Wildman–Crippen MR) is 94.1 cm³/mol. The summed E-state index contributed by atoms with van der Waals surface area (Å²) in [5.41, 5.74) is 2.33. The number of thioether (sulfide) groups is 2. The molecule has 22 heavy (non-hydrogen) atoms. The second kappa shape index (κ2) is 7.02. The molecule has 2 heterocycles. The van der Waals surface area contributed by atoms with Crippen LogP contribution in [-0.4, -0.2) is 34.2 Å². The fourth-order valence-electron chi connectivity index (χ4n) is 2.60. The van der Waals surface area contributed by atoms with Gasteiger partial charge in [0.2, 0.25) is 5.91 Å². The van der Waals surface area contributed by atoms with Crippen LogP contribution in [0.5, 0.6) is 0 Å². The predicted octanol–water partition coefficient (Wildman–Crippen LogP) is 3.72. The molecule has 0 bridgehead atoms. The zero-order valence-corrected chi connectivity index (χ0v) is 14.9. The van der Waals surface area contributed by atoms with Crippen molar-refractivity contribution in [2.24, 2.45) is 0 Å². The molecule has 1 aromatic heterocycles. The lowest BCUT2D eigenvalue weighted by Gasteiger charge is -2.35. The van der Waals surface area contributed by atoms with E-state index in [1.807, 2.05) is 29.4 Å². The zero-order valence-electron chi connectivity index (χ0n) is 12.5. The molecule has 1 amide bonds. The monoisotopic (exact) mass is 351 g/mol. The van der Waals surface area contributed by atoms with Crippen molar-refractivity contribution in [3.63, 3.8) is 0 Å². The van der Waals surface area contributed by atoms with Gasteiger partial charge >= 0.3 is 0 Å². The molecule has 0 aliphatic carbocycles. The molecule has 0 saturated heterocycles. The van der Waals surface area contributed by atoms with Crippen LogP contribution >= 0.6 is 34.9 Å². The molecule has 0 spiro atoms. The van der Waals surface area contributed by atoms with Crippen molar-refractivity contribution >= 4 is 46.5 Å². The average molecular weight is 352 g/mol. The molecule has 7 heteroatoms. The molecule has 116 valence electrons. The number of hydrogen-bond acceptors (Lipinski definition) is 6. The van der Waals surface area contributed by atoms with Gasteiger partial charge in [-0.1, -0.05) is 53.1 Å². The summed E-state index contributed by atoms with van der Waals surface area (Å²) in [7, 11) is 0. The van der Waals surface area contributed by atoms with Crippen molar-refractivity contribution in [1.82, 2.24) is 10.2 Å². The number of benzene rings is 1. The van der Waals surface area contributed by atoms with Crippen molar-refractivity contribution in [3.8, 4) is 0 Å². The second-order valence-corrected chi connectivity index (χ2v) is 8.36. The van der Waals surface area contributed by atoms with Crippen LogP contribution in [0.25, 0.3) is 0 Å². The number of carbonyl (C=O) groups is 1. The molecular formula is C15H17N3OS3. The van der Waals surface area contributed by atoms with Gasteiger partial charge in [0.1, 0.15) is 0 Å². The van der Waals surface area contributed by atoms with Crippen molar-refractivity contribution in [2.75, 3.05) is 16.9 Å². The number of rotatable bonds is 4. The maximum absolute atomic E-state index is 12.7. The smallest absolute Gasteiger partial charge is 0.237 e. The van der Waals surface area contributed by atoms with E-state index in [0.717, 1.165) is 27.2 Å². The van der Waals surface area contributed by atoms with Gasteiger partial charge in [-0.2, -0.15) is 0 Å². The van der Waals surface area contributed by atoms with E-state index < -0.39 is 0 Å². The molecule has 0 radical (unpaired) electrons. The molecule has 0 fully saturated rings. The minimum Gasteiger partial charge on any atom is -0.309 e. The van der Waals surface area contributed by atoms with Crippen molar-refractivity contribution < 1.29 is 4.79 Å². The number of aryl methyl sites for hydroxylation is 1. The third kappa shape index (κ3) is 3.31. The summed E-state index contributed by atoms with van der Waals surface area (Å²) in [6, 6.07) is 8.45. The topological polar surface area (TPSA) is 46.1 Å². The fourth-order valence-corrected chi connectivity index (χ4v) is 4.90. The largest absolute Gasteiger partial charge is 0.309 e. The Kier molecular flexibility index (Phi) is 5.05. The molecule has 1 aromatic carbocycles. The van der Waals surface area contributed by atoms with Crippen LogP contribution in [0, 0.1) is 0 Å². The molecule has 0 saturated carbocycles. The molecule has 1 aliphatic rings. The Balaban J connectivity index is 1.71. The number of anilines is 1. The minimum absolute atomic E-state index is 0.144. The Hall–Kier alpha value is -1.05. The first-order chi connectivity index (χ1) is 10.7. The molecule has 0 N–H and O–H groups in total. The van der Waals surface area contributed by atoms with Gasteiger partial charge in [0.25, 0.3) is 0 Å². The van der Waals surface area contributed by atoms with E-state index in [1.165, 1.54) is 17.3 Å². The van der Waals surface area contributed by atoms with E-state index in [2.05, 4.69) is 23.2 Å². The number of fused-ring (bicyclic) bond motifs is 1. The summed E-state index contributed by atoms with van der Waals surface area (Å²) in [4.78, 5) is 14.6. The summed E-state index contributed by atoms with van der Waals surface area (Å²) >= 11 is 4.60. The van der Waals surface area contributed by atoms with E-state index in [4.69, 9.17) is 0 Å². The van der Waals surface area contributed by atoms with Gasteiger partial charge in [0.05, 0.1) is 5.75 Å². The van der Waals surface area contributed by atoms with E-state index in [0.29, 0.717) is 5.75 Å². The Labute approximate surface area is 142 Å². The van der Waals surface area contributed by atoms with E-state index in [-0.39, 0.29) is 11.9 Å². The van der Waals surface area contributed by atoms with Crippen molar-refractivity contribution in [1.29, 1.82) is 0 Å². The third-order valence-electron chi connectivity index (χ3n) is 3.67. The van der Waals surface area contributed by atoms with Gasteiger partial charge in [-0.3, -0.25) is 4.79 Å². The number of hydrogen-bond donors (Lipinski definition) is 0. The molecule has 2 aromatic rings. The first kappa shape index (κ1) is 15.8.